The van der Waals surface area contributed by atoms with Gasteiger partial charge in [-0.25, -0.2) is 8.42 Å². The first-order valence-corrected chi connectivity index (χ1v) is 11.4. The van der Waals surface area contributed by atoms with E-state index in [1.54, 1.807) is 35.2 Å². The molecule has 2 aromatic carbocycles. The van der Waals surface area contributed by atoms with Crippen molar-refractivity contribution in [2.75, 3.05) is 24.4 Å². The molecule has 2 aromatic rings. The second kappa shape index (κ2) is 8.65. The van der Waals surface area contributed by atoms with Gasteiger partial charge in [0.05, 0.1) is 21.2 Å². The van der Waals surface area contributed by atoms with Crippen molar-refractivity contribution in [3.8, 4) is 0 Å². The third-order valence-corrected chi connectivity index (χ3v) is 7.54. The number of anilines is 1. The predicted octanol–water partition coefficient (Wildman–Crippen LogP) is 2.81. The SMILES string of the molecule is Cc1ccc(S(=O)(=O)N(C)c2ccc(Cl)c(C(=O)N3CCC(C(N)=O)CC3)c2)cc1. The summed E-state index contributed by atoms with van der Waals surface area (Å²) in [6, 6.07) is 11.1. The van der Waals surface area contributed by atoms with Crippen LogP contribution in [0.2, 0.25) is 5.02 Å². The van der Waals surface area contributed by atoms with Gasteiger partial charge in [-0.1, -0.05) is 29.3 Å². The average molecular weight is 450 g/mol. The van der Waals surface area contributed by atoms with Crippen LogP contribution in [0.5, 0.6) is 0 Å². The molecule has 0 atom stereocenters. The van der Waals surface area contributed by atoms with Gasteiger partial charge in [0, 0.05) is 26.1 Å². The highest BCUT2D eigenvalue weighted by molar-refractivity contribution is 7.92. The van der Waals surface area contributed by atoms with Gasteiger partial charge in [-0.2, -0.15) is 0 Å². The summed E-state index contributed by atoms with van der Waals surface area (Å²) in [4.78, 5) is 26.1. The van der Waals surface area contributed by atoms with Gasteiger partial charge in [0.1, 0.15) is 0 Å². The summed E-state index contributed by atoms with van der Waals surface area (Å²) in [6.07, 6.45) is 1.00. The first-order valence-electron chi connectivity index (χ1n) is 9.55. The number of halogens is 1. The van der Waals surface area contributed by atoms with Crippen molar-refractivity contribution in [2.45, 2.75) is 24.7 Å². The number of carbonyl (C=O) groups excluding carboxylic acids is 2. The highest BCUT2D eigenvalue weighted by atomic mass is 35.5. The zero-order chi connectivity index (χ0) is 22.1. The fourth-order valence-corrected chi connectivity index (χ4v) is 4.80. The number of aryl methyl sites for hydroxylation is 1. The molecule has 0 bridgehead atoms. The van der Waals surface area contributed by atoms with Gasteiger partial charge in [0.15, 0.2) is 0 Å². The Morgan fingerprint density at radius 2 is 1.70 bits per heavy atom. The summed E-state index contributed by atoms with van der Waals surface area (Å²) < 4.78 is 27.1. The molecule has 2 amide bonds. The molecule has 1 fully saturated rings. The number of rotatable bonds is 5. The Bertz CT molecular complexity index is 1060. The van der Waals surface area contributed by atoms with E-state index in [2.05, 4.69) is 0 Å². The minimum absolute atomic E-state index is 0.159. The lowest BCUT2D eigenvalue weighted by Crippen LogP contribution is -2.41. The molecule has 0 aromatic heterocycles. The lowest BCUT2D eigenvalue weighted by atomic mass is 9.96. The normalized spacial score (nSPS) is 15.1. The van der Waals surface area contributed by atoms with E-state index in [0.717, 1.165) is 9.87 Å². The highest BCUT2D eigenvalue weighted by Crippen LogP contribution is 2.29. The van der Waals surface area contributed by atoms with Crippen LogP contribution < -0.4 is 10.0 Å². The topological polar surface area (TPSA) is 101 Å². The number of hydrogen-bond donors (Lipinski definition) is 1. The second-order valence-corrected chi connectivity index (χ2v) is 9.80. The van der Waals surface area contributed by atoms with Crippen LogP contribution in [0.3, 0.4) is 0 Å². The second-order valence-electron chi connectivity index (χ2n) is 7.42. The van der Waals surface area contributed by atoms with Crippen molar-refractivity contribution in [3.63, 3.8) is 0 Å². The Kier molecular flexibility index (Phi) is 6.38. The molecule has 1 aliphatic heterocycles. The Morgan fingerprint density at radius 3 is 2.27 bits per heavy atom. The molecule has 1 saturated heterocycles. The Balaban J connectivity index is 1.85. The molecular weight excluding hydrogens is 426 g/mol. The summed E-state index contributed by atoms with van der Waals surface area (Å²) in [5, 5.41) is 0.238. The van der Waals surface area contributed by atoms with Crippen LogP contribution in [0, 0.1) is 12.8 Å². The number of hydrogen-bond acceptors (Lipinski definition) is 4. The number of sulfonamides is 1. The fraction of sp³-hybridized carbons (Fsp3) is 0.333. The highest BCUT2D eigenvalue weighted by Gasteiger charge is 2.28. The number of piperidine rings is 1. The molecule has 1 aliphatic rings. The van der Waals surface area contributed by atoms with Gasteiger partial charge in [0.2, 0.25) is 5.91 Å². The largest absolute Gasteiger partial charge is 0.369 e. The van der Waals surface area contributed by atoms with Crippen LogP contribution in [0.15, 0.2) is 47.4 Å². The lowest BCUT2D eigenvalue weighted by molar-refractivity contribution is -0.123. The van der Waals surface area contributed by atoms with Crippen molar-refractivity contribution in [1.82, 2.24) is 4.90 Å². The van der Waals surface area contributed by atoms with Crippen LogP contribution in [-0.2, 0) is 14.8 Å². The van der Waals surface area contributed by atoms with Gasteiger partial charge < -0.3 is 10.6 Å². The Labute approximate surface area is 181 Å². The van der Waals surface area contributed by atoms with E-state index in [4.69, 9.17) is 17.3 Å². The third-order valence-electron chi connectivity index (χ3n) is 5.41. The van der Waals surface area contributed by atoms with E-state index in [0.29, 0.717) is 31.6 Å². The van der Waals surface area contributed by atoms with Crippen LogP contribution in [0.4, 0.5) is 5.69 Å². The molecule has 30 heavy (non-hydrogen) atoms. The van der Waals surface area contributed by atoms with Gasteiger partial charge >= 0.3 is 0 Å². The molecular formula is C21H24ClN3O4S. The Morgan fingerprint density at radius 1 is 1.10 bits per heavy atom. The molecule has 160 valence electrons. The zero-order valence-corrected chi connectivity index (χ0v) is 18.4. The number of benzene rings is 2. The predicted molar refractivity (Wildman–Crippen MR) is 116 cm³/mol. The summed E-state index contributed by atoms with van der Waals surface area (Å²) in [5.74, 6) is -0.891. The Hall–Kier alpha value is -2.58. The smallest absolute Gasteiger partial charge is 0.264 e. The van der Waals surface area contributed by atoms with Gasteiger partial charge in [-0.05, 0) is 50.1 Å². The number of carbonyl (C=O) groups is 2. The number of amides is 2. The molecule has 9 heteroatoms. The van der Waals surface area contributed by atoms with E-state index in [1.165, 1.54) is 19.2 Å². The van der Waals surface area contributed by atoms with Crippen molar-refractivity contribution in [1.29, 1.82) is 0 Å². The molecule has 0 aliphatic carbocycles. The minimum atomic E-state index is -3.79. The molecule has 0 radical (unpaired) electrons. The standard InChI is InChI=1S/C21H24ClN3O4S/c1-14-3-6-17(7-4-14)30(28,29)24(2)16-5-8-19(22)18(13-16)21(27)25-11-9-15(10-12-25)20(23)26/h3-8,13,15H,9-12H2,1-2H3,(H2,23,26). The first-order chi connectivity index (χ1) is 14.1. The molecule has 1 heterocycles. The van der Waals surface area contributed by atoms with E-state index in [-0.39, 0.29) is 33.2 Å². The third kappa shape index (κ3) is 4.44. The molecule has 0 spiro atoms. The quantitative estimate of drug-likeness (QED) is 0.758. The average Bonchev–Trinajstić information content (AvgIpc) is 2.73. The maximum absolute atomic E-state index is 13.0. The van der Waals surface area contributed by atoms with Crippen LogP contribution >= 0.6 is 11.6 Å². The molecule has 3 rings (SSSR count). The summed E-state index contributed by atoms with van der Waals surface area (Å²) in [6.45, 7) is 2.67. The van der Waals surface area contributed by atoms with Crippen molar-refractivity contribution < 1.29 is 18.0 Å². The summed E-state index contributed by atoms with van der Waals surface area (Å²) in [5.41, 5.74) is 6.85. The summed E-state index contributed by atoms with van der Waals surface area (Å²) >= 11 is 6.25. The van der Waals surface area contributed by atoms with Crippen molar-refractivity contribution in [3.05, 3.63) is 58.6 Å². The molecule has 0 saturated carbocycles. The molecule has 2 N–H and O–H groups in total. The van der Waals surface area contributed by atoms with Crippen LogP contribution in [0.1, 0.15) is 28.8 Å². The number of primary amides is 1. The van der Waals surface area contributed by atoms with Crippen molar-refractivity contribution in [2.24, 2.45) is 11.7 Å². The fourth-order valence-electron chi connectivity index (χ4n) is 3.42. The van der Waals surface area contributed by atoms with Crippen LogP contribution in [0.25, 0.3) is 0 Å². The van der Waals surface area contributed by atoms with Gasteiger partial charge in [-0.3, -0.25) is 13.9 Å². The van der Waals surface area contributed by atoms with E-state index in [1.807, 2.05) is 6.92 Å². The van der Waals surface area contributed by atoms with E-state index >= 15 is 0 Å². The zero-order valence-electron chi connectivity index (χ0n) is 16.8. The molecule has 0 unspecified atom stereocenters. The minimum Gasteiger partial charge on any atom is -0.369 e. The lowest BCUT2D eigenvalue weighted by Gasteiger charge is -2.31. The molecule has 7 nitrogen and oxygen atoms in total. The number of nitrogens with zero attached hydrogens (tertiary/aromatic N) is 2. The monoisotopic (exact) mass is 449 g/mol. The maximum Gasteiger partial charge on any atom is 0.264 e. The van der Waals surface area contributed by atoms with E-state index in [9.17, 15) is 18.0 Å². The van der Waals surface area contributed by atoms with Crippen molar-refractivity contribution >= 4 is 39.1 Å². The van der Waals surface area contributed by atoms with E-state index < -0.39 is 10.0 Å². The van der Waals surface area contributed by atoms with Gasteiger partial charge in [0.25, 0.3) is 15.9 Å². The summed E-state index contributed by atoms with van der Waals surface area (Å²) in [7, 11) is -2.36. The number of likely N-dealkylation sites (tertiary alicyclic amines) is 1. The number of nitrogens with two attached hydrogens (primary N) is 1. The first kappa shape index (κ1) is 22.1. The maximum atomic E-state index is 13.0. The van der Waals surface area contributed by atoms with Gasteiger partial charge in [-0.15, -0.1) is 0 Å². The van der Waals surface area contributed by atoms with Crippen LogP contribution in [-0.4, -0.2) is 45.3 Å².